The SMILES string of the molecule is CCCCN(CCO)c1cc(C(=O)OC)c(N)cc1F. The first-order valence-electron chi connectivity index (χ1n) is 6.58. The van der Waals surface area contributed by atoms with E-state index in [1.165, 1.54) is 13.2 Å². The van der Waals surface area contributed by atoms with Gasteiger partial charge in [0.05, 0.1) is 25.0 Å². The number of nitrogens with zero attached hydrogens (tertiary/aromatic N) is 1. The third-order valence-corrected chi connectivity index (χ3v) is 3.02. The molecule has 1 aromatic rings. The van der Waals surface area contributed by atoms with Crippen molar-refractivity contribution in [3.8, 4) is 0 Å². The minimum Gasteiger partial charge on any atom is -0.465 e. The fourth-order valence-corrected chi connectivity index (χ4v) is 1.93. The Hall–Kier alpha value is -1.82. The summed E-state index contributed by atoms with van der Waals surface area (Å²) in [5, 5.41) is 9.09. The number of esters is 1. The number of methoxy groups -OCH3 is 1. The van der Waals surface area contributed by atoms with Gasteiger partial charge in [0.2, 0.25) is 0 Å². The molecule has 0 unspecified atom stereocenters. The highest BCUT2D eigenvalue weighted by Crippen LogP contribution is 2.26. The minimum absolute atomic E-state index is 0.0394. The van der Waals surface area contributed by atoms with Crippen molar-refractivity contribution in [2.75, 3.05) is 37.4 Å². The van der Waals surface area contributed by atoms with E-state index in [1.54, 1.807) is 4.90 Å². The van der Waals surface area contributed by atoms with Gasteiger partial charge in [-0.2, -0.15) is 0 Å². The number of aliphatic hydroxyl groups is 1. The zero-order valence-electron chi connectivity index (χ0n) is 11.9. The Morgan fingerprint density at radius 1 is 1.45 bits per heavy atom. The lowest BCUT2D eigenvalue weighted by molar-refractivity contribution is 0.0602. The molecular weight excluding hydrogens is 263 g/mol. The molecule has 0 heterocycles. The van der Waals surface area contributed by atoms with Crippen molar-refractivity contribution in [2.45, 2.75) is 19.8 Å². The smallest absolute Gasteiger partial charge is 0.340 e. The van der Waals surface area contributed by atoms with Crippen molar-refractivity contribution >= 4 is 17.3 Å². The van der Waals surface area contributed by atoms with Crippen LogP contribution in [0.4, 0.5) is 15.8 Å². The van der Waals surface area contributed by atoms with Crippen molar-refractivity contribution < 1.29 is 19.0 Å². The van der Waals surface area contributed by atoms with Crippen molar-refractivity contribution in [3.63, 3.8) is 0 Å². The maximum absolute atomic E-state index is 14.0. The second kappa shape index (κ2) is 7.69. The van der Waals surface area contributed by atoms with Gasteiger partial charge >= 0.3 is 5.97 Å². The molecule has 6 heteroatoms. The molecule has 0 aliphatic carbocycles. The van der Waals surface area contributed by atoms with Crippen LogP contribution in [-0.2, 0) is 4.74 Å². The van der Waals surface area contributed by atoms with E-state index in [4.69, 9.17) is 10.8 Å². The fourth-order valence-electron chi connectivity index (χ4n) is 1.93. The van der Waals surface area contributed by atoms with Crippen molar-refractivity contribution in [2.24, 2.45) is 0 Å². The van der Waals surface area contributed by atoms with Gasteiger partial charge in [-0.1, -0.05) is 13.3 Å². The zero-order chi connectivity index (χ0) is 15.1. The number of carbonyl (C=O) groups excluding carboxylic acids is 1. The quantitative estimate of drug-likeness (QED) is 0.590. The highest BCUT2D eigenvalue weighted by Gasteiger charge is 2.18. The first kappa shape index (κ1) is 16.2. The standard InChI is InChI=1S/C14H21FN2O3/c1-3-4-5-17(6-7-18)13-8-10(14(19)20-2)12(16)9-11(13)15/h8-9,18H,3-7,16H2,1-2H3. The molecule has 0 fully saturated rings. The van der Waals surface area contributed by atoms with E-state index < -0.39 is 11.8 Å². The van der Waals surface area contributed by atoms with Crippen LogP contribution >= 0.6 is 0 Å². The summed E-state index contributed by atoms with van der Waals surface area (Å²) < 4.78 is 18.7. The Kier molecular flexibility index (Phi) is 6.24. The van der Waals surface area contributed by atoms with Crippen LogP contribution < -0.4 is 10.6 Å². The molecular formula is C14H21FN2O3. The normalized spacial score (nSPS) is 10.4. The van der Waals surface area contributed by atoms with E-state index >= 15 is 0 Å². The number of aliphatic hydroxyl groups excluding tert-OH is 1. The van der Waals surface area contributed by atoms with E-state index in [0.717, 1.165) is 18.9 Å². The second-order valence-corrected chi connectivity index (χ2v) is 4.45. The summed E-state index contributed by atoms with van der Waals surface area (Å²) in [4.78, 5) is 13.3. The van der Waals surface area contributed by atoms with Crippen molar-refractivity contribution in [1.82, 2.24) is 0 Å². The Morgan fingerprint density at radius 3 is 2.70 bits per heavy atom. The number of nitrogen functional groups attached to an aromatic ring is 1. The molecule has 0 saturated heterocycles. The van der Waals surface area contributed by atoms with Crippen LogP contribution in [-0.4, -0.2) is 37.9 Å². The number of unbranched alkanes of at least 4 members (excludes halogenated alkanes) is 1. The first-order chi connectivity index (χ1) is 9.54. The summed E-state index contributed by atoms with van der Waals surface area (Å²) >= 11 is 0. The molecule has 0 saturated carbocycles. The lowest BCUT2D eigenvalue weighted by atomic mass is 10.1. The molecule has 0 aromatic heterocycles. The number of rotatable bonds is 7. The first-order valence-corrected chi connectivity index (χ1v) is 6.58. The van der Waals surface area contributed by atoms with Crippen LogP contribution in [0, 0.1) is 5.82 Å². The summed E-state index contributed by atoms with van der Waals surface area (Å²) in [5.74, 6) is -1.12. The number of hydrogen-bond acceptors (Lipinski definition) is 5. The monoisotopic (exact) mass is 284 g/mol. The summed E-state index contributed by atoms with van der Waals surface area (Å²) in [6.07, 6.45) is 1.81. The maximum Gasteiger partial charge on any atom is 0.340 e. The van der Waals surface area contributed by atoms with Gasteiger partial charge in [0, 0.05) is 18.8 Å². The lowest BCUT2D eigenvalue weighted by Crippen LogP contribution is -2.29. The van der Waals surface area contributed by atoms with Crippen LogP contribution in [0.15, 0.2) is 12.1 Å². The molecule has 1 rings (SSSR count). The number of nitrogens with two attached hydrogens (primary N) is 1. The molecule has 1 aromatic carbocycles. The summed E-state index contributed by atoms with van der Waals surface area (Å²) in [6, 6.07) is 2.49. The van der Waals surface area contributed by atoms with Crippen molar-refractivity contribution in [1.29, 1.82) is 0 Å². The van der Waals surface area contributed by atoms with Crippen LogP contribution in [0.3, 0.4) is 0 Å². The minimum atomic E-state index is -0.608. The molecule has 112 valence electrons. The molecule has 0 radical (unpaired) electrons. The number of benzene rings is 1. The summed E-state index contributed by atoms with van der Waals surface area (Å²) in [7, 11) is 1.24. The molecule has 0 bridgehead atoms. The number of hydrogen-bond donors (Lipinski definition) is 2. The van der Waals surface area contributed by atoms with E-state index in [2.05, 4.69) is 4.74 Å². The van der Waals surface area contributed by atoms with Gasteiger partial charge in [-0.25, -0.2) is 9.18 Å². The summed E-state index contributed by atoms with van der Waals surface area (Å²) in [5.41, 5.74) is 6.05. The summed E-state index contributed by atoms with van der Waals surface area (Å²) in [6.45, 7) is 2.82. The van der Waals surface area contributed by atoms with E-state index in [0.29, 0.717) is 13.1 Å². The third kappa shape index (κ3) is 3.84. The predicted molar refractivity (Wildman–Crippen MR) is 76.4 cm³/mol. The largest absolute Gasteiger partial charge is 0.465 e. The molecule has 5 nitrogen and oxygen atoms in total. The Bertz CT molecular complexity index is 466. The van der Waals surface area contributed by atoms with Crippen LogP contribution in [0.1, 0.15) is 30.1 Å². The lowest BCUT2D eigenvalue weighted by Gasteiger charge is -2.25. The van der Waals surface area contributed by atoms with Gasteiger partial charge in [0.15, 0.2) is 0 Å². The van der Waals surface area contributed by atoms with Crippen LogP contribution in [0.25, 0.3) is 0 Å². The zero-order valence-corrected chi connectivity index (χ0v) is 11.9. The van der Waals surface area contributed by atoms with Gasteiger partial charge in [0.1, 0.15) is 5.82 Å². The number of halogens is 1. The number of ether oxygens (including phenoxy) is 1. The second-order valence-electron chi connectivity index (χ2n) is 4.45. The molecule has 3 N–H and O–H groups in total. The molecule has 0 atom stereocenters. The Balaban J connectivity index is 3.15. The highest BCUT2D eigenvalue weighted by molar-refractivity contribution is 5.96. The molecule has 0 amide bonds. The number of anilines is 2. The van der Waals surface area contributed by atoms with E-state index in [9.17, 15) is 9.18 Å². The fraction of sp³-hybridized carbons (Fsp3) is 0.500. The van der Waals surface area contributed by atoms with E-state index in [-0.39, 0.29) is 23.5 Å². The van der Waals surface area contributed by atoms with Gasteiger partial charge in [-0.15, -0.1) is 0 Å². The average Bonchev–Trinajstić information content (AvgIpc) is 2.43. The van der Waals surface area contributed by atoms with Gasteiger partial charge < -0.3 is 20.5 Å². The topological polar surface area (TPSA) is 75.8 Å². The van der Waals surface area contributed by atoms with Gasteiger partial charge in [-0.3, -0.25) is 0 Å². The van der Waals surface area contributed by atoms with Crippen LogP contribution in [0.5, 0.6) is 0 Å². The molecule has 20 heavy (non-hydrogen) atoms. The van der Waals surface area contributed by atoms with E-state index in [1.807, 2.05) is 6.92 Å². The number of carbonyl (C=O) groups is 1. The molecule has 0 aliphatic heterocycles. The third-order valence-electron chi connectivity index (χ3n) is 3.02. The maximum atomic E-state index is 14.0. The highest BCUT2D eigenvalue weighted by atomic mass is 19.1. The van der Waals surface area contributed by atoms with Gasteiger partial charge in [0.25, 0.3) is 0 Å². The Labute approximate surface area is 118 Å². The molecule has 0 aliphatic rings. The van der Waals surface area contributed by atoms with Crippen molar-refractivity contribution in [3.05, 3.63) is 23.5 Å². The molecule has 0 spiro atoms. The predicted octanol–water partition coefficient (Wildman–Crippen LogP) is 1.79. The average molecular weight is 284 g/mol. The van der Waals surface area contributed by atoms with Crippen LogP contribution in [0.2, 0.25) is 0 Å². The van der Waals surface area contributed by atoms with Gasteiger partial charge in [-0.05, 0) is 18.6 Å². The Morgan fingerprint density at radius 2 is 2.15 bits per heavy atom.